The molecule has 0 amide bonds. The van der Waals surface area contributed by atoms with E-state index in [1.165, 1.54) is 0 Å². The van der Waals surface area contributed by atoms with Crippen LogP contribution in [0.4, 0.5) is 0 Å². The highest BCUT2D eigenvalue weighted by molar-refractivity contribution is 7.89. The first-order chi connectivity index (χ1) is 11.1. The second-order valence-corrected chi connectivity index (χ2v) is 7.66. The van der Waals surface area contributed by atoms with Crippen molar-refractivity contribution in [1.29, 1.82) is 0 Å². The van der Waals surface area contributed by atoms with Gasteiger partial charge in [-0.05, 0) is 48.2 Å². The van der Waals surface area contributed by atoms with Crippen molar-refractivity contribution in [1.82, 2.24) is 4.31 Å². The minimum Gasteiger partial charge on any atom is -0.497 e. The summed E-state index contributed by atoms with van der Waals surface area (Å²) in [6, 6.07) is 14.8. The lowest BCUT2D eigenvalue weighted by Crippen LogP contribution is -2.35. The fourth-order valence-electron chi connectivity index (χ4n) is 2.86. The summed E-state index contributed by atoms with van der Waals surface area (Å²) >= 11 is 0. The van der Waals surface area contributed by atoms with Gasteiger partial charge in [-0.1, -0.05) is 30.7 Å². The Morgan fingerprint density at radius 2 is 1.35 bits per heavy atom. The van der Waals surface area contributed by atoms with Crippen molar-refractivity contribution in [2.45, 2.75) is 24.2 Å². The molecule has 1 aliphatic rings. The highest BCUT2D eigenvalue weighted by Gasteiger charge is 2.25. The molecular formula is C18H21NO3S. The number of rotatable bonds is 4. The predicted molar refractivity (Wildman–Crippen MR) is 91.0 cm³/mol. The Balaban J connectivity index is 1.83. The van der Waals surface area contributed by atoms with E-state index in [4.69, 9.17) is 4.74 Å². The average Bonchev–Trinajstić information content (AvgIpc) is 2.63. The molecule has 1 heterocycles. The Bertz CT molecular complexity index is 746. The molecule has 0 spiro atoms. The van der Waals surface area contributed by atoms with Crippen LogP contribution in [0.5, 0.6) is 5.75 Å². The lowest BCUT2D eigenvalue weighted by atomic mass is 10.1. The molecule has 0 radical (unpaired) electrons. The molecule has 0 saturated carbocycles. The summed E-state index contributed by atoms with van der Waals surface area (Å²) in [5.41, 5.74) is 2.03. The molecule has 5 heteroatoms. The Hall–Kier alpha value is -1.85. The number of benzene rings is 2. The molecule has 2 aromatic carbocycles. The average molecular weight is 331 g/mol. The van der Waals surface area contributed by atoms with Crippen molar-refractivity contribution in [3.05, 3.63) is 48.5 Å². The SMILES string of the molecule is COc1ccc(-c2ccc(S(=O)(=O)N3CCCCC3)cc2)cc1. The summed E-state index contributed by atoms with van der Waals surface area (Å²) in [5.74, 6) is 0.804. The van der Waals surface area contributed by atoms with Gasteiger partial charge in [0.2, 0.25) is 10.0 Å². The van der Waals surface area contributed by atoms with E-state index in [1.807, 2.05) is 36.4 Å². The molecule has 0 unspecified atom stereocenters. The third-order valence-electron chi connectivity index (χ3n) is 4.23. The maximum Gasteiger partial charge on any atom is 0.243 e. The maximum atomic E-state index is 12.6. The molecule has 0 aromatic heterocycles. The summed E-state index contributed by atoms with van der Waals surface area (Å²) in [6.07, 6.45) is 3.01. The standard InChI is InChI=1S/C18H21NO3S/c1-22-17-9-5-15(6-10-17)16-7-11-18(12-8-16)23(20,21)19-13-3-2-4-14-19/h5-12H,2-4,13-14H2,1H3. The van der Waals surface area contributed by atoms with Crippen molar-refractivity contribution >= 4 is 10.0 Å². The highest BCUT2D eigenvalue weighted by atomic mass is 32.2. The third kappa shape index (κ3) is 3.41. The van der Waals surface area contributed by atoms with Crippen molar-refractivity contribution in [3.63, 3.8) is 0 Å². The van der Waals surface area contributed by atoms with Gasteiger partial charge in [-0.3, -0.25) is 0 Å². The molecule has 0 atom stereocenters. The number of methoxy groups -OCH3 is 1. The molecule has 3 rings (SSSR count). The van der Waals surface area contributed by atoms with Gasteiger partial charge in [0.05, 0.1) is 12.0 Å². The molecule has 0 bridgehead atoms. The normalized spacial score (nSPS) is 16.2. The smallest absolute Gasteiger partial charge is 0.243 e. The molecule has 1 aliphatic heterocycles. The summed E-state index contributed by atoms with van der Waals surface area (Å²) in [5, 5.41) is 0. The molecule has 122 valence electrons. The first kappa shape index (κ1) is 16.0. The lowest BCUT2D eigenvalue weighted by molar-refractivity contribution is 0.346. The molecular weight excluding hydrogens is 310 g/mol. The summed E-state index contributed by atoms with van der Waals surface area (Å²) in [7, 11) is -1.72. The number of hydrogen-bond acceptors (Lipinski definition) is 3. The van der Waals surface area contributed by atoms with Crippen LogP contribution >= 0.6 is 0 Å². The summed E-state index contributed by atoms with van der Waals surface area (Å²) in [6.45, 7) is 1.26. The van der Waals surface area contributed by atoms with E-state index in [0.717, 1.165) is 36.1 Å². The number of nitrogens with zero attached hydrogens (tertiary/aromatic N) is 1. The number of sulfonamides is 1. The van der Waals surface area contributed by atoms with Gasteiger partial charge in [-0.15, -0.1) is 0 Å². The van der Waals surface area contributed by atoms with Crippen LogP contribution in [0.3, 0.4) is 0 Å². The van der Waals surface area contributed by atoms with Gasteiger partial charge < -0.3 is 4.74 Å². The Morgan fingerprint density at radius 3 is 1.87 bits per heavy atom. The first-order valence-electron chi connectivity index (χ1n) is 7.86. The minimum absolute atomic E-state index is 0.372. The molecule has 1 saturated heterocycles. The molecule has 23 heavy (non-hydrogen) atoms. The molecule has 0 N–H and O–H groups in total. The Kier molecular flexibility index (Phi) is 4.68. The number of piperidine rings is 1. The monoisotopic (exact) mass is 331 g/mol. The number of ether oxygens (including phenoxy) is 1. The van der Waals surface area contributed by atoms with E-state index in [1.54, 1.807) is 23.5 Å². The van der Waals surface area contributed by atoms with Crippen LogP contribution in [0.2, 0.25) is 0 Å². The van der Waals surface area contributed by atoms with Gasteiger partial charge in [0.25, 0.3) is 0 Å². The van der Waals surface area contributed by atoms with E-state index in [0.29, 0.717) is 18.0 Å². The highest BCUT2D eigenvalue weighted by Crippen LogP contribution is 2.26. The van der Waals surface area contributed by atoms with E-state index >= 15 is 0 Å². The van der Waals surface area contributed by atoms with Crippen molar-refractivity contribution in [2.75, 3.05) is 20.2 Å². The van der Waals surface area contributed by atoms with Gasteiger partial charge in [0, 0.05) is 13.1 Å². The van der Waals surface area contributed by atoms with Gasteiger partial charge in [-0.25, -0.2) is 8.42 Å². The van der Waals surface area contributed by atoms with Crippen LogP contribution in [-0.4, -0.2) is 32.9 Å². The summed E-state index contributed by atoms with van der Waals surface area (Å²) < 4.78 is 32.0. The minimum atomic E-state index is -3.36. The zero-order valence-corrected chi connectivity index (χ0v) is 14.1. The van der Waals surface area contributed by atoms with Gasteiger partial charge in [-0.2, -0.15) is 4.31 Å². The van der Waals surface area contributed by atoms with Gasteiger partial charge in [0.15, 0.2) is 0 Å². The zero-order valence-electron chi connectivity index (χ0n) is 13.2. The van der Waals surface area contributed by atoms with E-state index in [-0.39, 0.29) is 0 Å². The van der Waals surface area contributed by atoms with Crippen LogP contribution in [0, 0.1) is 0 Å². The molecule has 2 aromatic rings. The second-order valence-electron chi connectivity index (χ2n) is 5.72. The van der Waals surface area contributed by atoms with E-state index in [9.17, 15) is 8.42 Å². The number of hydrogen-bond donors (Lipinski definition) is 0. The molecule has 1 fully saturated rings. The first-order valence-corrected chi connectivity index (χ1v) is 9.30. The lowest BCUT2D eigenvalue weighted by Gasteiger charge is -2.25. The van der Waals surface area contributed by atoms with Crippen LogP contribution in [0.1, 0.15) is 19.3 Å². The summed E-state index contributed by atoms with van der Waals surface area (Å²) in [4.78, 5) is 0.372. The fourth-order valence-corrected chi connectivity index (χ4v) is 4.37. The van der Waals surface area contributed by atoms with Crippen LogP contribution < -0.4 is 4.74 Å². The Labute approximate surface area is 137 Å². The van der Waals surface area contributed by atoms with Crippen molar-refractivity contribution in [3.8, 4) is 16.9 Å². The van der Waals surface area contributed by atoms with Crippen molar-refractivity contribution < 1.29 is 13.2 Å². The quantitative estimate of drug-likeness (QED) is 0.861. The van der Waals surface area contributed by atoms with E-state index < -0.39 is 10.0 Å². The predicted octanol–water partition coefficient (Wildman–Crippen LogP) is 3.54. The third-order valence-corrected chi connectivity index (χ3v) is 6.14. The Morgan fingerprint density at radius 1 is 0.826 bits per heavy atom. The fraction of sp³-hybridized carbons (Fsp3) is 0.333. The van der Waals surface area contributed by atoms with Crippen LogP contribution in [0.15, 0.2) is 53.4 Å². The topological polar surface area (TPSA) is 46.6 Å². The zero-order chi connectivity index (χ0) is 16.3. The second kappa shape index (κ2) is 6.72. The van der Waals surface area contributed by atoms with Crippen molar-refractivity contribution in [2.24, 2.45) is 0 Å². The molecule has 4 nitrogen and oxygen atoms in total. The van der Waals surface area contributed by atoms with Gasteiger partial charge >= 0.3 is 0 Å². The van der Waals surface area contributed by atoms with Gasteiger partial charge in [0.1, 0.15) is 5.75 Å². The van der Waals surface area contributed by atoms with Crippen LogP contribution in [-0.2, 0) is 10.0 Å². The van der Waals surface area contributed by atoms with E-state index in [2.05, 4.69) is 0 Å². The maximum absolute atomic E-state index is 12.6. The van der Waals surface area contributed by atoms with Crippen LogP contribution in [0.25, 0.3) is 11.1 Å². The molecule has 0 aliphatic carbocycles. The largest absolute Gasteiger partial charge is 0.497 e.